The monoisotopic (exact) mass is 346 g/mol. The van der Waals surface area contributed by atoms with Gasteiger partial charge in [-0.25, -0.2) is 0 Å². The predicted octanol–water partition coefficient (Wildman–Crippen LogP) is 3.27. The van der Waals surface area contributed by atoms with Gasteiger partial charge in [0.05, 0.1) is 10.6 Å². The fourth-order valence-corrected chi connectivity index (χ4v) is 2.31. The van der Waals surface area contributed by atoms with Crippen LogP contribution in [0.15, 0.2) is 48.5 Å². The largest absolute Gasteiger partial charge is 0.481 e. The van der Waals surface area contributed by atoms with Crippen molar-refractivity contribution in [1.29, 1.82) is 0 Å². The van der Waals surface area contributed by atoms with Gasteiger partial charge in [-0.1, -0.05) is 42.8 Å². The van der Waals surface area contributed by atoms with E-state index in [9.17, 15) is 9.59 Å². The number of hydrogen-bond donors (Lipinski definition) is 2. The second-order valence-corrected chi connectivity index (χ2v) is 5.66. The Bertz CT molecular complexity index is 734. The summed E-state index contributed by atoms with van der Waals surface area (Å²) in [6.45, 7) is 3.77. The third kappa shape index (κ3) is 4.73. The van der Waals surface area contributed by atoms with E-state index in [4.69, 9.17) is 16.3 Å². The van der Waals surface area contributed by atoms with Gasteiger partial charge in [-0.3, -0.25) is 20.4 Å². The van der Waals surface area contributed by atoms with Crippen molar-refractivity contribution >= 4 is 23.4 Å². The molecule has 0 radical (unpaired) electrons. The van der Waals surface area contributed by atoms with Crippen LogP contribution < -0.4 is 15.6 Å². The molecule has 5 nitrogen and oxygen atoms in total. The number of ether oxygens (including phenoxy) is 1. The molecule has 0 fully saturated rings. The SMILES string of the molecule is CCC(Oc1cccc(C)c1)C(=O)NNC(=O)c1ccccc1Cl. The Morgan fingerprint density at radius 3 is 2.54 bits per heavy atom. The summed E-state index contributed by atoms with van der Waals surface area (Å²) in [4.78, 5) is 24.2. The van der Waals surface area contributed by atoms with Gasteiger partial charge in [0.2, 0.25) is 0 Å². The molecule has 2 rings (SSSR count). The third-order valence-corrected chi connectivity index (χ3v) is 3.68. The summed E-state index contributed by atoms with van der Waals surface area (Å²) in [6, 6.07) is 14.0. The Morgan fingerprint density at radius 1 is 1.12 bits per heavy atom. The van der Waals surface area contributed by atoms with Gasteiger partial charge >= 0.3 is 0 Å². The Kier molecular flexibility index (Phi) is 6.21. The molecule has 6 heteroatoms. The molecular formula is C18H19ClN2O3. The summed E-state index contributed by atoms with van der Waals surface area (Å²) in [7, 11) is 0. The van der Waals surface area contributed by atoms with Crippen molar-refractivity contribution in [2.75, 3.05) is 0 Å². The minimum absolute atomic E-state index is 0.284. The van der Waals surface area contributed by atoms with Gasteiger partial charge in [0, 0.05) is 0 Å². The van der Waals surface area contributed by atoms with E-state index in [1.54, 1.807) is 30.3 Å². The number of nitrogens with one attached hydrogen (secondary N) is 2. The van der Waals surface area contributed by atoms with Crippen molar-refractivity contribution in [2.24, 2.45) is 0 Å². The van der Waals surface area contributed by atoms with E-state index in [1.807, 2.05) is 32.0 Å². The summed E-state index contributed by atoms with van der Waals surface area (Å²) in [5.41, 5.74) is 6.04. The van der Waals surface area contributed by atoms with E-state index in [1.165, 1.54) is 0 Å². The van der Waals surface area contributed by atoms with E-state index in [2.05, 4.69) is 10.9 Å². The fraction of sp³-hybridized carbons (Fsp3) is 0.222. The van der Waals surface area contributed by atoms with Crippen LogP contribution in [0.1, 0.15) is 29.3 Å². The second-order valence-electron chi connectivity index (χ2n) is 5.25. The maximum absolute atomic E-state index is 12.2. The van der Waals surface area contributed by atoms with Crippen LogP contribution in [-0.2, 0) is 4.79 Å². The highest BCUT2D eigenvalue weighted by Crippen LogP contribution is 2.16. The smallest absolute Gasteiger partial charge is 0.279 e. The molecular weight excluding hydrogens is 328 g/mol. The van der Waals surface area contributed by atoms with Crippen LogP contribution in [0.4, 0.5) is 0 Å². The van der Waals surface area contributed by atoms with Gasteiger partial charge in [-0.15, -0.1) is 0 Å². The first-order chi connectivity index (χ1) is 11.5. The molecule has 2 amide bonds. The molecule has 2 aromatic rings. The van der Waals surface area contributed by atoms with E-state index in [-0.39, 0.29) is 5.56 Å². The van der Waals surface area contributed by atoms with Crippen LogP contribution in [0, 0.1) is 6.92 Å². The highest BCUT2D eigenvalue weighted by Gasteiger charge is 2.19. The number of aryl methyl sites for hydroxylation is 1. The highest BCUT2D eigenvalue weighted by molar-refractivity contribution is 6.33. The summed E-state index contributed by atoms with van der Waals surface area (Å²) >= 11 is 5.95. The van der Waals surface area contributed by atoms with Crippen LogP contribution in [0.5, 0.6) is 5.75 Å². The number of hydrogen-bond acceptors (Lipinski definition) is 3. The van der Waals surface area contributed by atoms with Crippen LogP contribution >= 0.6 is 11.6 Å². The maximum Gasteiger partial charge on any atom is 0.279 e. The summed E-state index contributed by atoms with van der Waals surface area (Å²) in [6.07, 6.45) is -0.250. The van der Waals surface area contributed by atoms with Crippen molar-refractivity contribution < 1.29 is 14.3 Å². The Balaban J connectivity index is 1.95. The van der Waals surface area contributed by atoms with Gasteiger partial charge in [-0.05, 0) is 43.2 Å². The minimum Gasteiger partial charge on any atom is -0.481 e. The lowest BCUT2D eigenvalue weighted by molar-refractivity contribution is -0.128. The average molecular weight is 347 g/mol. The number of halogens is 1. The lowest BCUT2D eigenvalue weighted by Gasteiger charge is -2.18. The maximum atomic E-state index is 12.2. The van der Waals surface area contributed by atoms with E-state index < -0.39 is 17.9 Å². The van der Waals surface area contributed by atoms with Crippen LogP contribution in [0.2, 0.25) is 5.02 Å². The standard InChI is InChI=1S/C18H19ClN2O3/c1-3-16(24-13-8-6-7-12(2)11-13)18(23)21-20-17(22)14-9-4-5-10-15(14)19/h4-11,16H,3H2,1-2H3,(H,20,22)(H,21,23). The van der Waals surface area contributed by atoms with Crippen molar-refractivity contribution in [3.63, 3.8) is 0 Å². The van der Waals surface area contributed by atoms with Crippen molar-refractivity contribution in [1.82, 2.24) is 10.9 Å². The quantitative estimate of drug-likeness (QED) is 0.816. The number of rotatable bonds is 5. The zero-order valence-corrected chi connectivity index (χ0v) is 14.3. The molecule has 0 saturated carbocycles. The van der Waals surface area contributed by atoms with Crippen LogP contribution in [0.25, 0.3) is 0 Å². The number of benzene rings is 2. The van der Waals surface area contributed by atoms with E-state index in [0.29, 0.717) is 17.2 Å². The van der Waals surface area contributed by atoms with Gasteiger partial charge in [0.15, 0.2) is 6.10 Å². The molecule has 1 atom stereocenters. The first-order valence-electron chi connectivity index (χ1n) is 7.59. The molecule has 0 aromatic heterocycles. The molecule has 0 bridgehead atoms. The molecule has 126 valence electrons. The second kappa shape index (κ2) is 8.36. The predicted molar refractivity (Wildman–Crippen MR) is 92.9 cm³/mol. The molecule has 0 heterocycles. The van der Waals surface area contributed by atoms with E-state index >= 15 is 0 Å². The van der Waals surface area contributed by atoms with Gasteiger partial charge < -0.3 is 4.74 Å². The zero-order chi connectivity index (χ0) is 17.5. The Hall–Kier alpha value is -2.53. The Labute approximate surface area is 145 Å². The Morgan fingerprint density at radius 2 is 1.88 bits per heavy atom. The molecule has 2 N–H and O–H groups in total. The third-order valence-electron chi connectivity index (χ3n) is 3.35. The van der Waals surface area contributed by atoms with Crippen LogP contribution in [-0.4, -0.2) is 17.9 Å². The lowest BCUT2D eigenvalue weighted by Crippen LogP contribution is -2.48. The molecule has 2 aromatic carbocycles. The summed E-state index contributed by atoms with van der Waals surface area (Å²) < 4.78 is 5.68. The molecule has 24 heavy (non-hydrogen) atoms. The lowest BCUT2D eigenvalue weighted by atomic mass is 10.2. The number of hydrazine groups is 1. The zero-order valence-electron chi connectivity index (χ0n) is 13.5. The number of carbonyl (C=O) groups is 2. The van der Waals surface area contributed by atoms with Gasteiger partial charge in [-0.2, -0.15) is 0 Å². The van der Waals surface area contributed by atoms with Crippen LogP contribution in [0.3, 0.4) is 0 Å². The average Bonchev–Trinajstić information content (AvgIpc) is 2.57. The molecule has 0 saturated heterocycles. The number of carbonyl (C=O) groups excluding carboxylic acids is 2. The molecule has 0 aliphatic rings. The van der Waals surface area contributed by atoms with Gasteiger partial charge in [0.1, 0.15) is 5.75 Å². The highest BCUT2D eigenvalue weighted by atomic mass is 35.5. The molecule has 0 aliphatic carbocycles. The first kappa shape index (κ1) is 17.8. The molecule has 0 aliphatic heterocycles. The molecule has 0 spiro atoms. The summed E-state index contributed by atoms with van der Waals surface area (Å²) in [5.74, 6) is -0.312. The van der Waals surface area contributed by atoms with E-state index in [0.717, 1.165) is 5.56 Å². The van der Waals surface area contributed by atoms with Crippen molar-refractivity contribution in [3.05, 3.63) is 64.7 Å². The molecule has 1 unspecified atom stereocenters. The first-order valence-corrected chi connectivity index (χ1v) is 7.97. The minimum atomic E-state index is -0.710. The fourth-order valence-electron chi connectivity index (χ4n) is 2.09. The van der Waals surface area contributed by atoms with Crippen molar-refractivity contribution in [3.8, 4) is 5.75 Å². The topological polar surface area (TPSA) is 67.4 Å². The summed E-state index contributed by atoms with van der Waals surface area (Å²) in [5, 5.41) is 0.312. The normalized spacial score (nSPS) is 11.5. The van der Waals surface area contributed by atoms with Crippen molar-refractivity contribution in [2.45, 2.75) is 26.4 Å². The van der Waals surface area contributed by atoms with Gasteiger partial charge in [0.25, 0.3) is 11.8 Å². The number of amides is 2.